The Bertz CT molecular complexity index is 1120. The van der Waals surface area contributed by atoms with Gasteiger partial charge in [-0.3, -0.25) is 9.48 Å². The summed E-state index contributed by atoms with van der Waals surface area (Å²) in [7, 11) is 0. The summed E-state index contributed by atoms with van der Waals surface area (Å²) in [5.74, 6) is 0.704. The van der Waals surface area contributed by atoms with Crippen LogP contribution < -0.4 is 10.5 Å². The van der Waals surface area contributed by atoms with Crippen LogP contribution in [0, 0.1) is 12.8 Å². The van der Waals surface area contributed by atoms with Gasteiger partial charge in [0.1, 0.15) is 0 Å². The molecule has 0 unspecified atom stereocenters. The quantitative estimate of drug-likeness (QED) is 0.672. The first-order valence-electron chi connectivity index (χ1n) is 10.1. The van der Waals surface area contributed by atoms with Crippen LogP contribution in [0.3, 0.4) is 0 Å². The Hall–Kier alpha value is -3.01. The molecule has 0 bridgehead atoms. The number of hydrogen-bond acceptors (Lipinski definition) is 2. The maximum Gasteiger partial charge on any atom is 0.271 e. The van der Waals surface area contributed by atoms with Crippen molar-refractivity contribution in [3.05, 3.63) is 82.3 Å². The molecule has 0 atom stereocenters. The van der Waals surface area contributed by atoms with Gasteiger partial charge >= 0.3 is 0 Å². The number of benzene rings is 2. The molecule has 1 fully saturated rings. The zero-order valence-corrected chi connectivity index (χ0v) is 16.4. The fourth-order valence-electron chi connectivity index (χ4n) is 4.35. The number of fused-ring (bicyclic) bond motifs is 1. The Morgan fingerprint density at radius 3 is 2.46 bits per heavy atom. The molecule has 0 amide bonds. The topological polar surface area (TPSA) is 30.2 Å². The monoisotopic (exact) mass is 371 g/mol. The molecule has 0 radical (unpaired) electrons. The highest BCUT2D eigenvalue weighted by Crippen LogP contribution is 2.46. The minimum atomic E-state index is -0.00503. The molecular formula is C24H25N3O. The number of aromatic nitrogens is 2. The van der Waals surface area contributed by atoms with Gasteiger partial charge in [-0.1, -0.05) is 24.3 Å². The van der Waals surface area contributed by atoms with Gasteiger partial charge in [-0.25, -0.2) is 4.68 Å². The summed E-state index contributed by atoms with van der Waals surface area (Å²) in [5, 5.41) is 0. The van der Waals surface area contributed by atoms with Gasteiger partial charge in [-0.2, -0.15) is 0 Å². The van der Waals surface area contributed by atoms with Gasteiger partial charge in [0, 0.05) is 36.1 Å². The van der Waals surface area contributed by atoms with E-state index in [1.807, 2.05) is 41.9 Å². The van der Waals surface area contributed by atoms with E-state index >= 15 is 0 Å². The first-order valence-corrected chi connectivity index (χ1v) is 10.1. The van der Waals surface area contributed by atoms with E-state index in [1.165, 1.54) is 29.7 Å². The van der Waals surface area contributed by atoms with Crippen molar-refractivity contribution >= 4 is 11.3 Å². The normalized spacial score (nSPS) is 16.1. The van der Waals surface area contributed by atoms with Gasteiger partial charge in [0.05, 0.1) is 11.4 Å². The second kappa shape index (κ2) is 6.55. The number of nitrogens with zero attached hydrogens (tertiary/aromatic N) is 3. The molecule has 4 nitrogen and oxygen atoms in total. The Labute approximate surface area is 165 Å². The van der Waals surface area contributed by atoms with Crippen LogP contribution in [0.1, 0.15) is 31.0 Å². The molecule has 0 saturated heterocycles. The molecule has 5 rings (SSSR count). The predicted molar refractivity (Wildman–Crippen MR) is 115 cm³/mol. The molecule has 1 aliphatic heterocycles. The molecule has 2 aliphatic rings. The van der Waals surface area contributed by atoms with Crippen molar-refractivity contribution in [3.8, 4) is 11.4 Å². The zero-order valence-electron chi connectivity index (χ0n) is 16.4. The molecule has 2 heterocycles. The number of anilines is 1. The van der Waals surface area contributed by atoms with Crippen molar-refractivity contribution in [2.45, 2.75) is 26.7 Å². The largest absolute Gasteiger partial charge is 0.368 e. The lowest BCUT2D eigenvalue weighted by atomic mass is 9.94. The average molecular weight is 371 g/mol. The number of likely N-dealkylation sites (N-methyl/N-ethyl adjacent to an activating group) is 1. The van der Waals surface area contributed by atoms with Gasteiger partial charge < -0.3 is 4.90 Å². The summed E-state index contributed by atoms with van der Waals surface area (Å²) >= 11 is 0. The average Bonchev–Trinajstić information content (AvgIpc) is 3.51. The maximum absolute atomic E-state index is 12.7. The van der Waals surface area contributed by atoms with Crippen molar-refractivity contribution in [3.63, 3.8) is 0 Å². The van der Waals surface area contributed by atoms with Gasteiger partial charge in [-0.05, 0) is 68.5 Å². The smallest absolute Gasteiger partial charge is 0.271 e. The van der Waals surface area contributed by atoms with Gasteiger partial charge in [0.15, 0.2) is 0 Å². The number of rotatable bonds is 4. The minimum Gasteiger partial charge on any atom is -0.368 e. The fourth-order valence-corrected chi connectivity index (χ4v) is 4.35. The molecule has 1 aromatic heterocycles. The van der Waals surface area contributed by atoms with Crippen LogP contribution in [0.25, 0.3) is 16.9 Å². The standard InChI is InChI=1S/C24H25N3O/c1-3-25-14-13-21(18-9-10-18)22-16-20(11-12-23(22)25)26-17(2)15-24(28)27(26)19-7-5-4-6-8-19/h4-8,11-13,15-16,18H,3,9-10,14H2,1-2H3. The van der Waals surface area contributed by atoms with E-state index in [-0.39, 0.29) is 5.56 Å². The molecule has 28 heavy (non-hydrogen) atoms. The van der Waals surface area contributed by atoms with Crippen LogP contribution in [-0.4, -0.2) is 22.5 Å². The molecule has 2 aromatic carbocycles. The third-order valence-corrected chi connectivity index (χ3v) is 5.88. The lowest BCUT2D eigenvalue weighted by molar-refractivity contribution is 0.706. The Balaban J connectivity index is 1.70. The van der Waals surface area contributed by atoms with E-state index < -0.39 is 0 Å². The first kappa shape index (κ1) is 17.1. The molecule has 1 saturated carbocycles. The second-order valence-electron chi connectivity index (χ2n) is 7.76. The fraction of sp³-hybridized carbons (Fsp3) is 0.292. The summed E-state index contributed by atoms with van der Waals surface area (Å²) in [6.07, 6.45) is 4.98. The highest BCUT2D eigenvalue weighted by molar-refractivity contribution is 5.83. The molecule has 4 heteroatoms. The number of hydrogen-bond donors (Lipinski definition) is 0. The summed E-state index contributed by atoms with van der Waals surface area (Å²) in [6.45, 7) is 6.19. The van der Waals surface area contributed by atoms with E-state index in [0.717, 1.165) is 30.2 Å². The summed E-state index contributed by atoms with van der Waals surface area (Å²) in [4.78, 5) is 15.1. The van der Waals surface area contributed by atoms with Crippen LogP contribution in [0.4, 0.5) is 5.69 Å². The van der Waals surface area contributed by atoms with Crippen LogP contribution >= 0.6 is 0 Å². The summed E-state index contributed by atoms with van der Waals surface area (Å²) in [5.41, 5.74) is 6.98. The van der Waals surface area contributed by atoms with Crippen molar-refractivity contribution in [2.75, 3.05) is 18.0 Å². The third kappa shape index (κ3) is 2.71. The zero-order chi connectivity index (χ0) is 19.3. The van der Waals surface area contributed by atoms with Crippen molar-refractivity contribution in [1.29, 1.82) is 0 Å². The number of para-hydroxylation sites is 1. The van der Waals surface area contributed by atoms with Gasteiger partial charge in [0.2, 0.25) is 0 Å². The van der Waals surface area contributed by atoms with Gasteiger partial charge in [-0.15, -0.1) is 0 Å². The third-order valence-electron chi connectivity index (χ3n) is 5.88. The lowest BCUT2D eigenvalue weighted by Gasteiger charge is -2.31. The van der Waals surface area contributed by atoms with Crippen LogP contribution in [-0.2, 0) is 0 Å². The van der Waals surface area contributed by atoms with Crippen LogP contribution in [0.5, 0.6) is 0 Å². The van der Waals surface area contributed by atoms with Gasteiger partial charge in [0.25, 0.3) is 5.56 Å². The van der Waals surface area contributed by atoms with Crippen LogP contribution in [0.15, 0.2) is 65.5 Å². The first-order chi connectivity index (χ1) is 13.7. The van der Waals surface area contributed by atoms with Crippen molar-refractivity contribution in [2.24, 2.45) is 5.92 Å². The second-order valence-corrected chi connectivity index (χ2v) is 7.76. The minimum absolute atomic E-state index is 0.00503. The highest BCUT2D eigenvalue weighted by Gasteiger charge is 2.31. The van der Waals surface area contributed by atoms with Crippen molar-refractivity contribution < 1.29 is 0 Å². The number of aryl methyl sites for hydroxylation is 1. The highest BCUT2D eigenvalue weighted by atomic mass is 16.1. The Kier molecular flexibility index (Phi) is 4.00. The maximum atomic E-state index is 12.7. The number of allylic oxidation sites excluding steroid dienone is 1. The molecule has 0 N–H and O–H groups in total. The van der Waals surface area contributed by atoms with E-state index in [0.29, 0.717) is 5.92 Å². The van der Waals surface area contributed by atoms with Crippen LogP contribution in [0.2, 0.25) is 0 Å². The lowest BCUT2D eigenvalue weighted by Crippen LogP contribution is -2.27. The summed E-state index contributed by atoms with van der Waals surface area (Å²) < 4.78 is 3.80. The SMILES string of the molecule is CCN1CC=C(C2CC2)c2cc(-n3c(C)cc(=O)n3-c3ccccc3)ccc21. The van der Waals surface area contributed by atoms with E-state index in [2.05, 4.69) is 36.1 Å². The molecule has 3 aromatic rings. The molecule has 1 aliphatic carbocycles. The van der Waals surface area contributed by atoms with Crippen molar-refractivity contribution in [1.82, 2.24) is 9.36 Å². The van der Waals surface area contributed by atoms with E-state index in [9.17, 15) is 4.79 Å². The molecule has 0 spiro atoms. The predicted octanol–water partition coefficient (Wildman–Crippen LogP) is 4.57. The molecule has 142 valence electrons. The molecular weight excluding hydrogens is 346 g/mol. The Morgan fingerprint density at radius 1 is 0.964 bits per heavy atom. The van der Waals surface area contributed by atoms with E-state index in [1.54, 1.807) is 10.7 Å². The van der Waals surface area contributed by atoms with E-state index in [4.69, 9.17) is 0 Å². The summed E-state index contributed by atoms with van der Waals surface area (Å²) in [6, 6.07) is 18.2. The Morgan fingerprint density at radius 2 is 1.75 bits per heavy atom.